The van der Waals surface area contributed by atoms with Crippen molar-refractivity contribution in [2.45, 2.75) is 69.7 Å². The third-order valence-electron chi connectivity index (χ3n) is 4.64. The Morgan fingerprint density at radius 1 is 1.33 bits per heavy atom. The first kappa shape index (κ1) is 13.8. The predicted molar refractivity (Wildman–Crippen MR) is 66.9 cm³/mol. The number of aliphatic hydroxyl groups is 1. The predicted octanol–water partition coefficient (Wildman–Crippen LogP) is 2.39. The van der Waals surface area contributed by atoms with Gasteiger partial charge in [-0.1, -0.05) is 32.6 Å². The van der Waals surface area contributed by atoms with E-state index in [9.17, 15) is 9.90 Å². The lowest BCUT2D eigenvalue weighted by Crippen LogP contribution is -2.58. The maximum absolute atomic E-state index is 11.7. The van der Waals surface area contributed by atoms with Crippen LogP contribution in [-0.2, 0) is 14.3 Å². The molecule has 2 aliphatic rings. The van der Waals surface area contributed by atoms with Gasteiger partial charge in [-0.2, -0.15) is 0 Å². The van der Waals surface area contributed by atoms with Crippen LogP contribution >= 0.6 is 0 Å². The number of rotatable bonds is 2. The SMILES string of the molecule is CCC1CCC(O)(C(=O)OC)OC12CCCCC2. The molecule has 2 unspecified atom stereocenters. The zero-order chi connectivity index (χ0) is 13.2. The molecule has 0 aromatic rings. The van der Waals surface area contributed by atoms with Gasteiger partial charge in [0.15, 0.2) is 0 Å². The van der Waals surface area contributed by atoms with Crippen molar-refractivity contribution in [3.63, 3.8) is 0 Å². The number of carbonyl (C=O) groups is 1. The molecule has 1 N–H and O–H groups in total. The lowest BCUT2D eigenvalue weighted by molar-refractivity contribution is -0.308. The number of hydrogen-bond donors (Lipinski definition) is 1. The summed E-state index contributed by atoms with van der Waals surface area (Å²) >= 11 is 0. The fraction of sp³-hybridized carbons (Fsp3) is 0.929. The molecular weight excluding hydrogens is 232 g/mol. The van der Waals surface area contributed by atoms with Gasteiger partial charge in [0.1, 0.15) is 0 Å². The van der Waals surface area contributed by atoms with Crippen LogP contribution in [0, 0.1) is 5.92 Å². The van der Waals surface area contributed by atoms with E-state index in [2.05, 4.69) is 11.7 Å². The highest BCUT2D eigenvalue weighted by Crippen LogP contribution is 2.48. The number of ether oxygens (including phenoxy) is 2. The van der Waals surface area contributed by atoms with Crippen LogP contribution in [0.5, 0.6) is 0 Å². The first-order valence-electron chi connectivity index (χ1n) is 7.07. The van der Waals surface area contributed by atoms with Gasteiger partial charge in [0.2, 0.25) is 0 Å². The molecule has 1 aliphatic carbocycles. The molecule has 0 bridgehead atoms. The molecule has 2 atom stereocenters. The van der Waals surface area contributed by atoms with E-state index in [0.29, 0.717) is 12.3 Å². The zero-order valence-corrected chi connectivity index (χ0v) is 11.4. The molecular formula is C14H24O4. The summed E-state index contributed by atoms with van der Waals surface area (Å²) in [6.45, 7) is 2.16. The van der Waals surface area contributed by atoms with Crippen molar-refractivity contribution in [2.24, 2.45) is 5.92 Å². The Morgan fingerprint density at radius 2 is 2.00 bits per heavy atom. The van der Waals surface area contributed by atoms with E-state index in [4.69, 9.17) is 4.74 Å². The molecule has 0 amide bonds. The molecule has 0 aromatic heterocycles. The number of methoxy groups -OCH3 is 1. The maximum Gasteiger partial charge on any atom is 0.366 e. The standard InChI is InChI=1S/C14H24O4/c1-3-11-7-10-14(16,12(15)17-2)18-13(11)8-5-4-6-9-13/h11,16H,3-10H2,1-2H3. The highest BCUT2D eigenvalue weighted by molar-refractivity contribution is 5.77. The Balaban J connectivity index is 2.20. The van der Waals surface area contributed by atoms with Crippen LogP contribution in [0.4, 0.5) is 0 Å². The van der Waals surface area contributed by atoms with Crippen molar-refractivity contribution in [2.75, 3.05) is 7.11 Å². The first-order chi connectivity index (χ1) is 8.56. The van der Waals surface area contributed by atoms with Gasteiger partial charge in [-0.15, -0.1) is 0 Å². The largest absolute Gasteiger partial charge is 0.465 e. The molecule has 18 heavy (non-hydrogen) atoms. The average Bonchev–Trinajstić information content (AvgIpc) is 2.39. The van der Waals surface area contributed by atoms with Gasteiger partial charge in [0.25, 0.3) is 5.79 Å². The zero-order valence-electron chi connectivity index (χ0n) is 11.4. The molecule has 2 fully saturated rings. The quantitative estimate of drug-likeness (QED) is 0.771. The molecule has 1 saturated heterocycles. The molecule has 0 radical (unpaired) electrons. The Kier molecular flexibility index (Phi) is 3.97. The van der Waals surface area contributed by atoms with Crippen LogP contribution in [0.25, 0.3) is 0 Å². The fourth-order valence-electron chi connectivity index (χ4n) is 3.64. The summed E-state index contributed by atoms with van der Waals surface area (Å²) in [6.07, 6.45) is 7.58. The average molecular weight is 256 g/mol. The fourth-order valence-corrected chi connectivity index (χ4v) is 3.64. The van der Waals surface area contributed by atoms with Crippen LogP contribution in [0.15, 0.2) is 0 Å². The van der Waals surface area contributed by atoms with Crippen molar-refractivity contribution in [3.8, 4) is 0 Å². The van der Waals surface area contributed by atoms with Gasteiger partial charge in [-0.05, 0) is 25.2 Å². The Hall–Kier alpha value is -0.610. The summed E-state index contributed by atoms with van der Waals surface area (Å²) in [5.74, 6) is -1.93. The van der Waals surface area contributed by atoms with E-state index in [-0.39, 0.29) is 5.60 Å². The molecule has 4 heteroatoms. The van der Waals surface area contributed by atoms with Crippen LogP contribution in [0.3, 0.4) is 0 Å². The van der Waals surface area contributed by atoms with Gasteiger partial charge in [0, 0.05) is 6.42 Å². The molecule has 0 aromatic carbocycles. The van der Waals surface area contributed by atoms with Gasteiger partial charge >= 0.3 is 5.97 Å². The first-order valence-corrected chi connectivity index (χ1v) is 7.07. The number of hydrogen-bond acceptors (Lipinski definition) is 4. The summed E-state index contributed by atoms with van der Waals surface area (Å²) in [5.41, 5.74) is -0.311. The van der Waals surface area contributed by atoms with Crippen molar-refractivity contribution >= 4 is 5.97 Å². The van der Waals surface area contributed by atoms with E-state index in [1.807, 2.05) is 0 Å². The minimum Gasteiger partial charge on any atom is -0.465 e. The molecule has 1 spiro atoms. The number of esters is 1. The minimum absolute atomic E-state index is 0.311. The minimum atomic E-state index is -1.72. The molecule has 104 valence electrons. The Bertz CT molecular complexity index is 309. The molecule has 4 nitrogen and oxygen atoms in total. The van der Waals surface area contributed by atoms with E-state index < -0.39 is 11.8 Å². The van der Waals surface area contributed by atoms with E-state index in [1.165, 1.54) is 13.5 Å². The van der Waals surface area contributed by atoms with Gasteiger partial charge < -0.3 is 14.6 Å². The molecule has 1 heterocycles. The van der Waals surface area contributed by atoms with Crippen molar-refractivity contribution < 1.29 is 19.4 Å². The summed E-state index contributed by atoms with van der Waals surface area (Å²) < 4.78 is 10.6. The Labute approximate surface area is 109 Å². The summed E-state index contributed by atoms with van der Waals surface area (Å²) in [7, 11) is 1.29. The van der Waals surface area contributed by atoms with Crippen molar-refractivity contribution in [1.29, 1.82) is 0 Å². The van der Waals surface area contributed by atoms with Crippen molar-refractivity contribution in [3.05, 3.63) is 0 Å². The van der Waals surface area contributed by atoms with Crippen LogP contribution in [0.2, 0.25) is 0 Å². The van der Waals surface area contributed by atoms with E-state index in [1.54, 1.807) is 0 Å². The number of carbonyl (C=O) groups excluding carboxylic acids is 1. The van der Waals surface area contributed by atoms with Gasteiger partial charge in [-0.25, -0.2) is 4.79 Å². The summed E-state index contributed by atoms with van der Waals surface area (Å²) in [4.78, 5) is 11.7. The summed E-state index contributed by atoms with van der Waals surface area (Å²) in [5, 5.41) is 10.4. The van der Waals surface area contributed by atoms with Crippen LogP contribution in [0.1, 0.15) is 58.3 Å². The topological polar surface area (TPSA) is 55.8 Å². The maximum atomic E-state index is 11.7. The van der Waals surface area contributed by atoms with Crippen LogP contribution < -0.4 is 0 Å². The third-order valence-corrected chi connectivity index (χ3v) is 4.64. The summed E-state index contributed by atoms with van der Waals surface area (Å²) in [6, 6.07) is 0. The van der Waals surface area contributed by atoms with E-state index >= 15 is 0 Å². The van der Waals surface area contributed by atoms with Crippen molar-refractivity contribution in [1.82, 2.24) is 0 Å². The molecule has 2 rings (SSSR count). The molecule has 1 saturated carbocycles. The third kappa shape index (κ3) is 2.28. The second kappa shape index (κ2) is 5.17. The van der Waals surface area contributed by atoms with E-state index in [0.717, 1.165) is 38.5 Å². The highest BCUT2D eigenvalue weighted by atomic mass is 16.7. The lowest BCUT2D eigenvalue weighted by atomic mass is 9.70. The normalized spacial score (nSPS) is 35.4. The second-order valence-electron chi connectivity index (χ2n) is 5.65. The Morgan fingerprint density at radius 3 is 2.56 bits per heavy atom. The lowest BCUT2D eigenvalue weighted by Gasteiger charge is -2.51. The van der Waals surface area contributed by atoms with Gasteiger partial charge in [-0.3, -0.25) is 0 Å². The monoisotopic (exact) mass is 256 g/mol. The smallest absolute Gasteiger partial charge is 0.366 e. The van der Waals surface area contributed by atoms with Crippen LogP contribution in [-0.4, -0.2) is 29.6 Å². The highest BCUT2D eigenvalue weighted by Gasteiger charge is 2.54. The second-order valence-corrected chi connectivity index (χ2v) is 5.65. The van der Waals surface area contributed by atoms with Gasteiger partial charge in [0.05, 0.1) is 12.7 Å². The molecule has 1 aliphatic heterocycles.